The number of carbonyl (C=O) groups is 1. The fourth-order valence-electron chi connectivity index (χ4n) is 1.97. The van der Waals surface area contributed by atoms with Crippen LogP contribution in [0.2, 0.25) is 5.02 Å². The highest BCUT2D eigenvalue weighted by atomic mass is 127. The third-order valence-electron chi connectivity index (χ3n) is 3.29. The fourth-order valence-corrected chi connectivity index (χ4v) is 2.74. The smallest absolute Gasteiger partial charge is 0.263 e. The zero-order valence-electron chi connectivity index (χ0n) is 12.9. The van der Waals surface area contributed by atoms with Gasteiger partial charge >= 0.3 is 0 Å². The third-order valence-corrected chi connectivity index (χ3v) is 4.21. The first-order valence-corrected chi connectivity index (χ1v) is 8.61. The number of benzene rings is 2. The van der Waals surface area contributed by atoms with E-state index in [-0.39, 0.29) is 5.57 Å². The van der Waals surface area contributed by atoms with Crippen molar-refractivity contribution in [3.63, 3.8) is 0 Å². The Kier molecular flexibility index (Phi) is 6.64. The van der Waals surface area contributed by atoms with E-state index in [4.69, 9.17) is 11.6 Å². The summed E-state index contributed by atoms with van der Waals surface area (Å²) >= 11 is 8.05. The van der Waals surface area contributed by atoms with Crippen molar-refractivity contribution >= 4 is 45.8 Å². The molecule has 0 aromatic heterocycles. The maximum atomic E-state index is 12.1. The molecule has 2 aromatic carbocycles. The lowest BCUT2D eigenvalue weighted by atomic mass is 10.2. The summed E-state index contributed by atoms with van der Waals surface area (Å²) in [6.07, 6.45) is 1.42. The van der Waals surface area contributed by atoms with Gasteiger partial charge in [-0.15, -0.1) is 0 Å². The second-order valence-electron chi connectivity index (χ2n) is 5.08. The molecule has 4 nitrogen and oxygen atoms in total. The van der Waals surface area contributed by atoms with E-state index in [0.717, 1.165) is 20.4 Å². The average Bonchev–Trinajstić information content (AvgIpc) is 2.56. The van der Waals surface area contributed by atoms with Gasteiger partial charge < -0.3 is 10.6 Å². The molecule has 0 heterocycles. The molecular weight excluding hydrogens is 437 g/mol. The summed E-state index contributed by atoms with van der Waals surface area (Å²) in [6, 6.07) is 15.0. The van der Waals surface area contributed by atoms with Crippen molar-refractivity contribution in [2.45, 2.75) is 13.5 Å². The number of halogens is 2. The van der Waals surface area contributed by atoms with Gasteiger partial charge in [-0.2, -0.15) is 5.26 Å². The van der Waals surface area contributed by atoms with E-state index in [9.17, 15) is 10.1 Å². The summed E-state index contributed by atoms with van der Waals surface area (Å²) < 4.78 is 1.13. The highest BCUT2D eigenvalue weighted by Crippen LogP contribution is 2.18. The van der Waals surface area contributed by atoms with Gasteiger partial charge in [0.05, 0.1) is 0 Å². The number of carbonyl (C=O) groups excluding carboxylic acids is 1. The molecule has 0 aliphatic rings. The minimum absolute atomic E-state index is 0.0157. The fraction of sp³-hybridized carbons (Fsp3) is 0.111. The monoisotopic (exact) mass is 451 g/mol. The predicted octanol–water partition coefficient (Wildman–Crippen LogP) is 4.39. The van der Waals surface area contributed by atoms with E-state index in [1.165, 1.54) is 6.20 Å². The predicted molar refractivity (Wildman–Crippen MR) is 105 cm³/mol. The molecule has 0 spiro atoms. The molecule has 0 aliphatic carbocycles. The molecule has 0 fully saturated rings. The highest BCUT2D eigenvalue weighted by molar-refractivity contribution is 14.1. The molecule has 2 aromatic rings. The average molecular weight is 452 g/mol. The number of hydrogen-bond donors (Lipinski definition) is 2. The van der Waals surface area contributed by atoms with Crippen LogP contribution in [0.3, 0.4) is 0 Å². The van der Waals surface area contributed by atoms with E-state index < -0.39 is 5.91 Å². The molecular formula is C18H15ClIN3O. The molecule has 0 aliphatic heterocycles. The van der Waals surface area contributed by atoms with E-state index in [1.54, 1.807) is 12.1 Å². The quantitative estimate of drug-likeness (QED) is 0.403. The first kappa shape index (κ1) is 18.3. The number of hydrogen-bond acceptors (Lipinski definition) is 3. The SMILES string of the molecule is Cc1cc(I)ccc1N/C=C(/C#N)C(=O)NCc1ccc(Cl)cc1. The van der Waals surface area contributed by atoms with Crippen LogP contribution < -0.4 is 10.6 Å². The second kappa shape index (κ2) is 8.71. The van der Waals surface area contributed by atoms with Gasteiger partial charge in [-0.25, -0.2) is 0 Å². The van der Waals surface area contributed by atoms with Gasteiger partial charge in [-0.1, -0.05) is 23.7 Å². The molecule has 122 valence electrons. The van der Waals surface area contributed by atoms with Crippen molar-refractivity contribution in [3.05, 3.63) is 74.0 Å². The van der Waals surface area contributed by atoms with Crippen molar-refractivity contribution in [2.24, 2.45) is 0 Å². The second-order valence-corrected chi connectivity index (χ2v) is 6.76. The highest BCUT2D eigenvalue weighted by Gasteiger charge is 2.09. The van der Waals surface area contributed by atoms with E-state index >= 15 is 0 Å². The van der Waals surface area contributed by atoms with Crippen molar-refractivity contribution in [1.29, 1.82) is 5.26 Å². The van der Waals surface area contributed by atoms with Crippen molar-refractivity contribution < 1.29 is 4.79 Å². The Morgan fingerprint density at radius 1 is 1.29 bits per heavy atom. The van der Waals surface area contributed by atoms with E-state index in [0.29, 0.717) is 11.6 Å². The van der Waals surface area contributed by atoms with Crippen LogP contribution in [0.1, 0.15) is 11.1 Å². The van der Waals surface area contributed by atoms with E-state index in [2.05, 4.69) is 33.2 Å². The Bertz CT molecular complexity index is 810. The lowest BCUT2D eigenvalue weighted by molar-refractivity contribution is -0.117. The number of amides is 1. The van der Waals surface area contributed by atoms with Crippen molar-refractivity contribution in [3.8, 4) is 6.07 Å². The normalized spacial score (nSPS) is 10.8. The molecule has 2 rings (SSSR count). The molecule has 1 amide bonds. The first-order chi connectivity index (χ1) is 11.5. The topological polar surface area (TPSA) is 64.9 Å². The van der Waals surface area contributed by atoms with Gasteiger partial charge in [0.15, 0.2) is 0 Å². The van der Waals surface area contributed by atoms with Gasteiger partial charge in [0.1, 0.15) is 11.6 Å². The third kappa shape index (κ3) is 5.25. The maximum Gasteiger partial charge on any atom is 0.263 e. The van der Waals surface area contributed by atoms with E-state index in [1.807, 2.05) is 43.3 Å². The lowest BCUT2D eigenvalue weighted by Gasteiger charge is -2.08. The Morgan fingerprint density at radius 3 is 2.62 bits per heavy atom. The summed E-state index contributed by atoms with van der Waals surface area (Å²) in [6.45, 7) is 2.29. The number of aryl methyl sites for hydroxylation is 1. The lowest BCUT2D eigenvalue weighted by Crippen LogP contribution is -2.24. The van der Waals surface area contributed by atoms with Crippen molar-refractivity contribution in [2.75, 3.05) is 5.32 Å². The number of nitrogens with one attached hydrogen (secondary N) is 2. The van der Waals surface area contributed by atoms with Crippen LogP contribution in [0.25, 0.3) is 0 Å². The largest absolute Gasteiger partial charge is 0.360 e. The Hall–Kier alpha value is -2.04. The minimum Gasteiger partial charge on any atom is -0.360 e. The zero-order chi connectivity index (χ0) is 17.5. The summed E-state index contributed by atoms with van der Waals surface area (Å²) in [5, 5.41) is 15.5. The summed E-state index contributed by atoms with van der Waals surface area (Å²) in [4.78, 5) is 12.1. The minimum atomic E-state index is -0.428. The van der Waals surface area contributed by atoms with Crippen LogP contribution in [0, 0.1) is 21.8 Å². The molecule has 0 unspecified atom stereocenters. The Morgan fingerprint density at radius 2 is 2.00 bits per heavy atom. The molecule has 24 heavy (non-hydrogen) atoms. The Balaban J connectivity index is 2.00. The van der Waals surface area contributed by atoms with Gasteiger partial charge in [-0.05, 0) is 71.0 Å². The molecule has 2 N–H and O–H groups in total. The molecule has 6 heteroatoms. The van der Waals surface area contributed by atoms with Gasteiger partial charge in [0.25, 0.3) is 5.91 Å². The number of anilines is 1. The molecule has 0 saturated carbocycles. The van der Waals surface area contributed by atoms with Crippen LogP contribution in [-0.2, 0) is 11.3 Å². The van der Waals surface area contributed by atoms with Crippen molar-refractivity contribution in [1.82, 2.24) is 5.32 Å². The zero-order valence-corrected chi connectivity index (χ0v) is 15.9. The first-order valence-electron chi connectivity index (χ1n) is 7.15. The molecule has 0 atom stereocenters. The molecule has 0 bridgehead atoms. The molecule has 0 radical (unpaired) electrons. The van der Waals surface area contributed by atoms with Gasteiger partial charge in [-0.3, -0.25) is 4.79 Å². The van der Waals surface area contributed by atoms with Gasteiger partial charge in [0, 0.05) is 27.0 Å². The standard InChI is InChI=1S/C18H15ClIN3O/c1-12-8-16(20)6-7-17(12)22-11-14(9-21)18(24)23-10-13-2-4-15(19)5-3-13/h2-8,11,22H,10H2,1H3,(H,23,24)/b14-11-. The molecule has 0 saturated heterocycles. The van der Waals surface area contributed by atoms with Gasteiger partial charge in [0.2, 0.25) is 0 Å². The van der Waals surface area contributed by atoms with Crippen LogP contribution in [0.5, 0.6) is 0 Å². The maximum absolute atomic E-state index is 12.1. The number of rotatable bonds is 5. The summed E-state index contributed by atoms with van der Waals surface area (Å²) in [7, 11) is 0. The van der Waals surface area contributed by atoms with Crippen LogP contribution >= 0.6 is 34.2 Å². The summed E-state index contributed by atoms with van der Waals surface area (Å²) in [5.74, 6) is -0.428. The summed E-state index contributed by atoms with van der Waals surface area (Å²) in [5.41, 5.74) is 2.82. The van der Waals surface area contributed by atoms with Crippen LogP contribution in [0.15, 0.2) is 54.2 Å². The van der Waals surface area contributed by atoms with Crippen LogP contribution in [-0.4, -0.2) is 5.91 Å². The van der Waals surface area contributed by atoms with Crippen LogP contribution in [0.4, 0.5) is 5.69 Å². The number of nitriles is 1. The Labute approximate surface area is 159 Å². The number of nitrogens with zero attached hydrogens (tertiary/aromatic N) is 1.